The summed E-state index contributed by atoms with van der Waals surface area (Å²) in [5.74, 6) is 2.06. The Balaban J connectivity index is 3.36. The molecule has 0 aromatic heterocycles. The second-order valence-corrected chi connectivity index (χ2v) is 1.70. The molecule has 0 aliphatic rings. The van der Waals surface area contributed by atoms with Crippen LogP contribution in [0, 0.1) is 0 Å². The lowest BCUT2D eigenvalue weighted by atomic mass is 10.2. The normalized spacial score (nSPS) is 10.2. The Morgan fingerprint density at radius 2 is 1.88 bits per heavy atom. The van der Waals surface area contributed by atoms with E-state index in [0.717, 1.165) is 13.1 Å². The van der Waals surface area contributed by atoms with E-state index in [1.807, 2.05) is 7.85 Å². The maximum absolute atomic E-state index is 2.25. The zero-order chi connectivity index (χ0) is 6.41. The van der Waals surface area contributed by atoms with Gasteiger partial charge in [0.15, 0.2) is 0 Å². The van der Waals surface area contributed by atoms with Gasteiger partial charge in [-0.2, -0.15) is 0 Å². The van der Waals surface area contributed by atoms with Gasteiger partial charge in [0.2, 0.25) is 0 Å². The topological polar surface area (TPSA) is 3.24 Å². The van der Waals surface area contributed by atoms with Gasteiger partial charge >= 0.3 is 0 Å². The van der Waals surface area contributed by atoms with Crippen molar-refractivity contribution in [3.8, 4) is 0 Å². The molecular formula is C6H14BN. The van der Waals surface area contributed by atoms with Crippen molar-refractivity contribution in [1.82, 2.24) is 4.90 Å². The summed E-state index contributed by atoms with van der Waals surface area (Å²) in [6, 6.07) is 0. The van der Waals surface area contributed by atoms with Gasteiger partial charge in [-0.1, -0.05) is 0 Å². The van der Waals surface area contributed by atoms with E-state index in [4.69, 9.17) is 0 Å². The highest BCUT2D eigenvalue weighted by atomic mass is 15.1. The molecule has 0 fully saturated rings. The maximum Gasteiger partial charge on any atom is 0.131 e. The molecule has 1 nitrogen and oxygen atoms in total. The van der Waals surface area contributed by atoms with E-state index >= 15 is 0 Å². The third kappa shape index (κ3) is 2.72. The highest BCUT2D eigenvalue weighted by Gasteiger charge is 1.84. The molecule has 46 valence electrons. The molecule has 0 aromatic rings. The average Bonchev–Trinajstić information content (AvgIpc) is 1.83. The molecule has 0 radical (unpaired) electrons. The molecule has 0 bridgehead atoms. The van der Waals surface area contributed by atoms with Gasteiger partial charge in [-0.05, 0) is 20.0 Å². The summed E-state index contributed by atoms with van der Waals surface area (Å²) in [4.78, 5) is 2.25. The molecule has 0 saturated heterocycles. The lowest BCUT2D eigenvalue weighted by Crippen LogP contribution is -2.14. The van der Waals surface area contributed by atoms with Crippen molar-refractivity contribution < 1.29 is 0 Å². The Bertz CT molecular complexity index is 66.9. The average molecular weight is 111 g/mol. The van der Waals surface area contributed by atoms with Gasteiger partial charge < -0.3 is 4.90 Å². The molecule has 0 amide bonds. The van der Waals surface area contributed by atoms with Crippen LogP contribution in [0.1, 0.15) is 13.8 Å². The summed E-state index contributed by atoms with van der Waals surface area (Å²) in [7, 11) is 2.04. The van der Waals surface area contributed by atoms with Crippen molar-refractivity contribution in [2.45, 2.75) is 13.8 Å². The molecule has 0 spiro atoms. The Kier molecular flexibility index (Phi) is 4.52. The van der Waals surface area contributed by atoms with Gasteiger partial charge in [-0.15, -0.1) is 5.98 Å². The number of nitrogens with zero attached hydrogens (tertiary/aromatic N) is 1. The second-order valence-electron chi connectivity index (χ2n) is 1.70. The van der Waals surface area contributed by atoms with E-state index in [1.54, 1.807) is 0 Å². The SMILES string of the molecule is B/C=C/N(CC)CC. The molecule has 0 aliphatic heterocycles. The fourth-order valence-corrected chi connectivity index (χ4v) is 0.645. The van der Waals surface area contributed by atoms with E-state index in [9.17, 15) is 0 Å². The van der Waals surface area contributed by atoms with Crippen molar-refractivity contribution in [2.24, 2.45) is 0 Å². The predicted molar refractivity (Wildman–Crippen MR) is 40.6 cm³/mol. The highest BCUT2D eigenvalue weighted by molar-refractivity contribution is 6.16. The summed E-state index contributed by atoms with van der Waals surface area (Å²) in [6.07, 6.45) is 2.11. The molecular weight excluding hydrogens is 96.9 g/mol. The Morgan fingerprint density at radius 1 is 1.38 bits per heavy atom. The second kappa shape index (κ2) is 4.76. The smallest absolute Gasteiger partial charge is 0.131 e. The van der Waals surface area contributed by atoms with Crippen LogP contribution >= 0.6 is 0 Å². The van der Waals surface area contributed by atoms with Crippen LogP contribution < -0.4 is 0 Å². The molecule has 0 rings (SSSR count). The first-order chi connectivity index (χ1) is 3.85. The lowest BCUT2D eigenvalue weighted by Gasteiger charge is -2.13. The minimum absolute atomic E-state index is 1.11. The molecule has 0 aromatic carbocycles. The van der Waals surface area contributed by atoms with E-state index in [1.165, 1.54) is 0 Å². The molecule has 0 heterocycles. The van der Waals surface area contributed by atoms with Crippen molar-refractivity contribution in [3.05, 3.63) is 12.2 Å². The minimum atomic E-state index is 1.11. The van der Waals surface area contributed by atoms with Gasteiger partial charge in [0, 0.05) is 13.1 Å². The summed E-state index contributed by atoms with van der Waals surface area (Å²) in [6.45, 7) is 6.54. The zero-order valence-electron chi connectivity index (χ0n) is 6.02. The van der Waals surface area contributed by atoms with Gasteiger partial charge in [-0.25, -0.2) is 0 Å². The van der Waals surface area contributed by atoms with Crippen LogP contribution in [0.15, 0.2) is 12.2 Å². The standard InChI is InChI=1S/C6H14BN/c1-3-8(4-2)6-5-7/h5-6H,3-4,7H2,1-2H3/b6-5+. The van der Waals surface area contributed by atoms with Crippen LogP contribution in [0.2, 0.25) is 0 Å². The first-order valence-electron chi connectivity index (χ1n) is 3.22. The van der Waals surface area contributed by atoms with E-state index in [2.05, 4.69) is 30.9 Å². The van der Waals surface area contributed by atoms with Gasteiger partial charge in [0.25, 0.3) is 0 Å². The number of hydrogen-bond acceptors (Lipinski definition) is 1. The zero-order valence-corrected chi connectivity index (χ0v) is 6.02. The largest absolute Gasteiger partial charge is 0.379 e. The first-order valence-corrected chi connectivity index (χ1v) is 3.22. The minimum Gasteiger partial charge on any atom is -0.379 e. The van der Waals surface area contributed by atoms with Crippen molar-refractivity contribution in [1.29, 1.82) is 0 Å². The monoisotopic (exact) mass is 111 g/mol. The molecule has 2 heteroatoms. The quantitative estimate of drug-likeness (QED) is 0.477. The van der Waals surface area contributed by atoms with Crippen LogP contribution in [0.5, 0.6) is 0 Å². The molecule has 0 unspecified atom stereocenters. The number of hydrogen-bond donors (Lipinski definition) is 0. The lowest BCUT2D eigenvalue weighted by molar-refractivity contribution is 0.419. The first kappa shape index (κ1) is 7.60. The van der Waals surface area contributed by atoms with E-state index in [0.29, 0.717) is 0 Å². The molecule has 0 aliphatic carbocycles. The highest BCUT2D eigenvalue weighted by Crippen LogP contribution is 1.84. The fourth-order valence-electron chi connectivity index (χ4n) is 0.645. The fraction of sp³-hybridized carbons (Fsp3) is 0.667. The third-order valence-electron chi connectivity index (χ3n) is 1.17. The van der Waals surface area contributed by atoms with Gasteiger partial charge in [0.05, 0.1) is 0 Å². The van der Waals surface area contributed by atoms with E-state index in [-0.39, 0.29) is 0 Å². The Morgan fingerprint density at radius 3 is 2.00 bits per heavy atom. The molecule has 0 saturated carbocycles. The summed E-state index contributed by atoms with van der Waals surface area (Å²) >= 11 is 0. The van der Waals surface area contributed by atoms with Crippen molar-refractivity contribution in [3.63, 3.8) is 0 Å². The van der Waals surface area contributed by atoms with Crippen molar-refractivity contribution >= 4 is 7.85 Å². The molecule has 0 atom stereocenters. The predicted octanol–water partition coefficient (Wildman–Crippen LogP) is 0.432. The van der Waals surface area contributed by atoms with Crippen LogP contribution in [0.25, 0.3) is 0 Å². The van der Waals surface area contributed by atoms with Crippen molar-refractivity contribution in [2.75, 3.05) is 13.1 Å². The summed E-state index contributed by atoms with van der Waals surface area (Å²) in [5.41, 5.74) is 0. The third-order valence-corrected chi connectivity index (χ3v) is 1.17. The van der Waals surface area contributed by atoms with Gasteiger partial charge in [-0.3, -0.25) is 0 Å². The molecule has 0 N–H and O–H groups in total. The van der Waals surface area contributed by atoms with Crippen LogP contribution in [-0.2, 0) is 0 Å². The maximum atomic E-state index is 2.25. The van der Waals surface area contributed by atoms with Crippen LogP contribution in [-0.4, -0.2) is 25.8 Å². The summed E-state index contributed by atoms with van der Waals surface area (Å²) < 4.78 is 0. The number of rotatable bonds is 3. The summed E-state index contributed by atoms with van der Waals surface area (Å²) in [5, 5.41) is 0. The Labute approximate surface area is 52.8 Å². The Hall–Kier alpha value is -0.395. The van der Waals surface area contributed by atoms with Gasteiger partial charge in [0.1, 0.15) is 7.85 Å². The van der Waals surface area contributed by atoms with Crippen LogP contribution in [0.4, 0.5) is 0 Å². The molecule has 8 heavy (non-hydrogen) atoms. The van der Waals surface area contributed by atoms with E-state index < -0.39 is 0 Å². The van der Waals surface area contributed by atoms with Crippen LogP contribution in [0.3, 0.4) is 0 Å².